The Morgan fingerprint density at radius 1 is 1.21 bits per heavy atom. The first-order valence-corrected chi connectivity index (χ1v) is 7.85. The van der Waals surface area contributed by atoms with Gasteiger partial charge in [0.2, 0.25) is 0 Å². The number of carboxylic acids is 1. The Kier molecular flexibility index (Phi) is 5.92. The molecule has 0 heterocycles. The number of benzene rings is 1. The minimum Gasteiger partial charge on any atom is -0.481 e. The van der Waals surface area contributed by atoms with Crippen molar-refractivity contribution < 1.29 is 9.90 Å². The number of aryl methyl sites for hydroxylation is 2. The smallest absolute Gasteiger partial charge is 0.309 e. The quantitative estimate of drug-likeness (QED) is 0.751. The zero-order valence-electron chi connectivity index (χ0n) is 12.3. The maximum Gasteiger partial charge on any atom is 0.309 e. The van der Waals surface area contributed by atoms with Gasteiger partial charge in [-0.15, -0.1) is 0 Å². The molecule has 1 aromatic rings. The van der Waals surface area contributed by atoms with Crippen molar-refractivity contribution in [2.24, 2.45) is 5.41 Å². The highest BCUT2D eigenvalue weighted by atomic mass is 32.2. The molecule has 0 spiro atoms. The third-order valence-corrected chi connectivity index (χ3v) is 4.33. The lowest BCUT2D eigenvalue weighted by Gasteiger charge is -2.18. The lowest BCUT2D eigenvalue weighted by molar-refractivity contribution is -0.147. The van der Waals surface area contributed by atoms with Crippen LogP contribution in [0.1, 0.15) is 43.4 Å². The second kappa shape index (κ2) is 6.99. The average molecular weight is 280 g/mol. The lowest BCUT2D eigenvalue weighted by Crippen LogP contribution is -2.23. The molecule has 0 radical (unpaired) electrons. The predicted molar refractivity (Wildman–Crippen MR) is 82.7 cm³/mol. The number of aliphatic carboxylic acids is 1. The van der Waals surface area contributed by atoms with Crippen LogP contribution in [0.2, 0.25) is 0 Å². The number of rotatable bonds is 7. The van der Waals surface area contributed by atoms with Crippen LogP contribution in [0, 0.1) is 19.3 Å². The molecule has 0 saturated heterocycles. The zero-order valence-corrected chi connectivity index (χ0v) is 13.1. The summed E-state index contributed by atoms with van der Waals surface area (Å²) in [7, 11) is 0. The summed E-state index contributed by atoms with van der Waals surface area (Å²) in [5.74, 6) is 1.33. The van der Waals surface area contributed by atoms with Gasteiger partial charge >= 0.3 is 5.97 Å². The molecule has 19 heavy (non-hydrogen) atoms. The van der Waals surface area contributed by atoms with E-state index in [2.05, 4.69) is 32.0 Å². The summed E-state index contributed by atoms with van der Waals surface area (Å²) in [6, 6.07) is 6.63. The van der Waals surface area contributed by atoms with Gasteiger partial charge in [-0.1, -0.05) is 29.3 Å². The Hall–Kier alpha value is -0.960. The minimum absolute atomic E-state index is 0.597. The van der Waals surface area contributed by atoms with Gasteiger partial charge in [-0.25, -0.2) is 0 Å². The van der Waals surface area contributed by atoms with Crippen LogP contribution in [0.5, 0.6) is 0 Å². The maximum atomic E-state index is 11.0. The van der Waals surface area contributed by atoms with Crippen molar-refractivity contribution >= 4 is 17.7 Å². The fraction of sp³-hybridized carbons (Fsp3) is 0.562. The average Bonchev–Trinajstić information content (AvgIpc) is 2.26. The number of hydrogen-bond donors (Lipinski definition) is 1. The fourth-order valence-corrected chi connectivity index (χ4v) is 2.96. The van der Waals surface area contributed by atoms with Gasteiger partial charge < -0.3 is 5.11 Å². The summed E-state index contributed by atoms with van der Waals surface area (Å²) in [5.41, 5.74) is 3.38. The molecule has 2 nitrogen and oxygen atoms in total. The number of carbonyl (C=O) groups is 1. The molecule has 0 aliphatic heterocycles. The van der Waals surface area contributed by atoms with E-state index in [1.807, 2.05) is 11.8 Å². The highest BCUT2D eigenvalue weighted by Gasteiger charge is 2.25. The number of thioether (sulfide) groups is 1. The van der Waals surface area contributed by atoms with Gasteiger partial charge in [-0.2, -0.15) is 11.8 Å². The lowest BCUT2D eigenvalue weighted by atomic mass is 9.88. The van der Waals surface area contributed by atoms with E-state index in [4.69, 9.17) is 5.11 Å². The SMILES string of the molecule is Cc1cc(C)cc(CSCCCC(C)(C)C(=O)O)c1. The van der Waals surface area contributed by atoms with Crippen LogP contribution < -0.4 is 0 Å². The summed E-state index contributed by atoms with van der Waals surface area (Å²) in [4.78, 5) is 11.0. The Morgan fingerprint density at radius 2 is 1.79 bits per heavy atom. The van der Waals surface area contributed by atoms with E-state index in [0.29, 0.717) is 0 Å². The molecular weight excluding hydrogens is 256 g/mol. The van der Waals surface area contributed by atoms with Crippen LogP contribution in [0.15, 0.2) is 18.2 Å². The zero-order chi connectivity index (χ0) is 14.5. The van der Waals surface area contributed by atoms with Crippen LogP contribution in [-0.2, 0) is 10.5 Å². The van der Waals surface area contributed by atoms with Crippen molar-refractivity contribution in [3.8, 4) is 0 Å². The van der Waals surface area contributed by atoms with E-state index in [-0.39, 0.29) is 0 Å². The van der Waals surface area contributed by atoms with Gasteiger partial charge in [-0.3, -0.25) is 4.79 Å². The third kappa shape index (κ3) is 5.68. The summed E-state index contributed by atoms with van der Waals surface area (Å²) in [6.07, 6.45) is 1.69. The van der Waals surface area contributed by atoms with Crippen molar-refractivity contribution in [1.29, 1.82) is 0 Å². The summed E-state index contributed by atoms with van der Waals surface area (Å²) >= 11 is 1.88. The van der Waals surface area contributed by atoms with E-state index in [1.165, 1.54) is 16.7 Å². The van der Waals surface area contributed by atoms with E-state index < -0.39 is 11.4 Å². The molecule has 1 rings (SSSR count). The molecule has 0 unspecified atom stereocenters. The molecule has 0 bridgehead atoms. The van der Waals surface area contributed by atoms with Crippen LogP contribution in [0.25, 0.3) is 0 Å². The minimum atomic E-state index is -0.702. The largest absolute Gasteiger partial charge is 0.481 e. The monoisotopic (exact) mass is 280 g/mol. The van der Waals surface area contributed by atoms with Gasteiger partial charge in [0.1, 0.15) is 0 Å². The van der Waals surface area contributed by atoms with Crippen LogP contribution in [0.4, 0.5) is 0 Å². The molecule has 1 N–H and O–H groups in total. The van der Waals surface area contributed by atoms with Gasteiger partial charge in [-0.05, 0) is 51.9 Å². The van der Waals surface area contributed by atoms with Gasteiger partial charge in [0.05, 0.1) is 5.41 Å². The molecule has 0 aliphatic rings. The first-order valence-electron chi connectivity index (χ1n) is 6.69. The van der Waals surface area contributed by atoms with Crippen molar-refractivity contribution in [1.82, 2.24) is 0 Å². The first-order chi connectivity index (χ1) is 8.81. The van der Waals surface area contributed by atoms with Crippen molar-refractivity contribution in [2.45, 2.75) is 46.3 Å². The standard InChI is InChI=1S/C16H24O2S/c1-12-8-13(2)10-14(9-12)11-19-7-5-6-16(3,4)15(17)18/h8-10H,5-7,11H2,1-4H3,(H,17,18). The highest BCUT2D eigenvalue weighted by Crippen LogP contribution is 2.24. The molecule has 1 aromatic carbocycles. The van der Waals surface area contributed by atoms with Crippen molar-refractivity contribution in [3.63, 3.8) is 0 Å². The Labute approximate surface area is 120 Å². The van der Waals surface area contributed by atoms with Crippen LogP contribution >= 0.6 is 11.8 Å². The van der Waals surface area contributed by atoms with Crippen molar-refractivity contribution in [3.05, 3.63) is 34.9 Å². The van der Waals surface area contributed by atoms with Crippen LogP contribution in [0.3, 0.4) is 0 Å². The summed E-state index contributed by atoms with van der Waals surface area (Å²) in [5, 5.41) is 9.03. The summed E-state index contributed by atoms with van der Waals surface area (Å²) in [6.45, 7) is 7.83. The van der Waals surface area contributed by atoms with E-state index in [0.717, 1.165) is 24.3 Å². The molecule has 0 aromatic heterocycles. The molecule has 0 aliphatic carbocycles. The molecule has 0 amide bonds. The molecule has 0 atom stereocenters. The Balaban J connectivity index is 2.30. The van der Waals surface area contributed by atoms with E-state index >= 15 is 0 Å². The topological polar surface area (TPSA) is 37.3 Å². The number of hydrogen-bond acceptors (Lipinski definition) is 2. The van der Waals surface area contributed by atoms with Crippen molar-refractivity contribution in [2.75, 3.05) is 5.75 Å². The fourth-order valence-electron chi connectivity index (χ4n) is 2.07. The maximum absolute atomic E-state index is 11.0. The van der Waals surface area contributed by atoms with Gasteiger partial charge in [0.15, 0.2) is 0 Å². The second-order valence-corrected chi connectivity index (χ2v) is 6.95. The van der Waals surface area contributed by atoms with E-state index in [9.17, 15) is 4.79 Å². The van der Waals surface area contributed by atoms with E-state index in [1.54, 1.807) is 13.8 Å². The predicted octanol–water partition coefficient (Wildman–Crippen LogP) is 4.43. The summed E-state index contributed by atoms with van der Waals surface area (Å²) < 4.78 is 0. The molecule has 0 fully saturated rings. The highest BCUT2D eigenvalue weighted by molar-refractivity contribution is 7.98. The van der Waals surface area contributed by atoms with Gasteiger partial charge in [0, 0.05) is 5.75 Å². The normalized spacial score (nSPS) is 11.6. The van der Waals surface area contributed by atoms with Gasteiger partial charge in [0.25, 0.3) is 0 Å². The second-order valence-electron chi connectivity index (χ2n) is 5.84. The Bertz CT molecular complexity index is 418. The molecular formula is C16H24O2S. The van der Waals surface area contributed by atoms with Crippen LogP contribution in [-0.4, -0.2) is 16.8 Å². The number of carboxylic acid groups (broad SMARTS) is 1. The molecule has 106 valence electrons. The molecule has 3 heteroatoms. The molecule has 0 saturated carbocycles. The first kappa shape index (κ1) is 16.1. The Morgan fingerprint density at radius 3 is 2.32 bits per heavy atom. The third-order valence-electron chi connectivity index (χ3n) is 3.22.